The van der Waals surface area contributed by atoms with Crippen molar-refractivity contribution in [3.05, 3.63) is 29.8 Å². The van der Waals surface area contributed by atoms with Gasteiger partial charge in [0.1, 0.15) is 11.5 Å². The Labute approximate surface area is 103 Å². The van der Waals surface area contributed by atoms with Gasteiger partial charge in [0, 0.05) is 12.5 Å². The molecule has 1 atom stereocenters. The molecule has 0 aliphatic rings. The molecule has 0 spiro atoms. The molecule has 3 heteroatoms. The van der Waals surface area contributed by atoms with Gasteiger partial charge in [-0.25, -0.2) is 0 Å². The van der Waals surface area contributed by atoms with Crippen LogP contribution in [0.1, 0.15) is 31.4 Å². The number of benzene rings is 1. The van der Waals surface area contributed by atoms with Crippen LogP contribution in [0.3, 0.4) is 0 Å². The number of hydrogen-bond acceptors (Lipinski definition) is 3. The Hall–Kier alpha value is -1.35. The molecule has 3 nitrogen and oxygen atoms in total. The number of ether oxygens (including phenoxy) is 1. The largest absolute Gasteiger partial charge is 0.497 e. The van der Waals surface area contributed by atoms with Crippen molar-refractivity contribution in [1.82, 2.24) is 4.90 Å². The molecule has 0 aromatic heterocycles. The lowest BCUT2D eigenvalue weighted by atomic mass is 10.00. The summed E-state index contributed by atoms with van der Waals surface area (Å²) in [5.41, 5.74) is 1.19. The van der Waals surface area contributed by atoms with Crippen LogP contribution in [0.25, 0.3) is 0 Å². The highest BCUT2D eigenvalue weighted by Crippen LogP contribution is 2.26. The number of hydrogen-bond donors (Lipinski definition) is 0. The average Bonchev–Trinajstić information content (AvgIpc) is 2.28. The predicted molar refractivity (Wildman–Crippen MR) is 69.3 cm³/mol. The van der Waals surface area contributed by atoms with Crippen LogP contribution in [-0.4, -0.2) is 31.9 Å². The Bertz CT molecular complexity index is 374. The number of methoxy groups -OCH3 is 1. The van der Waals surface area contributed by atoms with Crippen LogP contribution in [0.15, 0.2) is 24.3 Å². The zero-order chi connectivity index (χ0) is 12.8. The standard InChI is InChI=1S/C14H21NO2/c1-11(16)8-9-14(15(2)3)12-6-5-7-13(10-12)17-4/h5-7,10,14H,8-9H2,1-4H3. The monoisotopic (exact) mass is 235 g/mol. The zero-order valence-corrected chi connectivity index (χ0v) is 11.1. The maximum Gasteiger partial charge on any atom is 0.129 e. The van der Waals surface area contributed by atoms with Gasteiger partial charge in [0.05, 0.1) is 7.11 Å². The van der Waals surface area contributed by atoms with Crippen LogP contribution in [-0.2, 0) is 4.79 Å². The first kappa shape index (κ1) is 13.7. The van der Waals surface area contributed by atoms with Crippen molar-refractivity contribution in [2.45, 2.75) is 25.8 Å². The lowest BCUT2D eigenvalue weighted by Crippen LogP contribution is -2.20. The van der Waals surface area contributed by atoms with Gasteiger partial charge < -0.3 is 14.4 Å². The second kappa shape index (κ2) is 6.40. The topological polar surface area (TPSA) is 29.5 Å². The van der Waals surface area contributed by atoms with Crippen LogP contribution in [0.4, 0.5) is 0 Å². The lowest BCUT2D eigenvalue weighted by Gasteiger charge is -2.24. The van der Waals surface area contributed by atoms with Gasteiger partial charge in [0.25, 0.3) is 0 Å². The molecule has 1 aromatic carbocycles. The van der Waals surface area contributed by atoms with Crippen LogP contribution in [0, 0.1) is 0 Å². The lowest BCUT2D eigenvalue weighted by molar-refractivity contribution is -0.117. The molecule has 0 aliphatic carbocycles. The third-order valence-corrected chi connectivity index (χ3v) is 2.87. The molecule has 0 N–H and O–H groups in total. The van der Waals surface area contributed by atoms with Gasteiger partial charge in [0.2, 0.25) is 0 Å². The Morgan fingerprint density at radius 1 is 1.41 bits per heavy atom. The summed E-state index contributed by atoms with van der Waals surface area (Å²) in [4.78, 5) is 13.2. The van der Waals surface area contributed by atoms with Gasteiger partial charge in [-0.3, -0.25) is 0 Å². The minimum absolute atomic E-state index is 0.236. The van der Waals surface area contributed by atoms with Gasteiger partial charge >= 0.3 is 0 Å². The van der Waals surface area contributed by atoms with E-state index < -0.39 is 0 Å². The summed E-state index contributed by atoms with van der Waals surface area (Å²) in [6.45, 7) is 1.64. The second-order valence-electron chi connectivity index (χ2n) is 4.50. The highest BCUT2D eigenvalue weighted by Gasteiger charge is 2.15. The summed E-state index contributed by atoms with van der Waals surface area (Å²) in [6, 6.07) is 8.28. The Balaban J connectivity index is 2.84. The first-order valence-electron chi connectivity index (χ1n) is 5.84. The third-order valence-electron chi connectivity index (χ3n) is 2.87. The number of ketones is 1. The van der Waals surface area contributed by atoms with Crippen molar-refractivity contribution < 1.29 is 9.53 Å². The van der Waals surface area contributed by atoms with E-state index in [1.54, 1.807) is 14.0 Å². The van der Waals surface area contributed by atoms with E-state index in [1.807, 2.05) is 32.3 Å². The molecule has 0 bridgehead atoms. The predicted octanol–water partition coefficient (Wildman–Crippen LogP) is 2.67. The molecule has 1 aromatic rings. The molecule has 1 unspecified atom stereocenters. The smallest absolute Gasteiger partial charge is 0.129 e. The van der Waals surface area contributed by atoms with Crippen LogP contribution < -0.4 is 4.74 Å². The van der Waals surface area contributed by atoms with Crippen molar-refractivity contribution in [3.8, 4) is 5.75 Å². The molecule has 1 rings (SSSR count). The fourth-order valence-electron chi connectivity index (χ4n) is 1.91. The molecule has 0 saturated carbocycles. The molecule has 17 heavy (non-hydrogen) atoms. The van der Waals surface area contributed by atoms with Crippen molar-refractivity contribution in [3.63, 3.8) is 0 Å². The summed E-state index contributed by atoms with van der Waals surface area (Å²) in [6.07, 6.45) is 1.45. The molecule has 0 saturated heterocycles. The first-order chi connectivity index (χ1) is 8.04. The summed E-state index contributed by atoms with van der Waals surface area (Å²) in [5.74, 6) is 1.09. The summed E-state index contributed by atoms with van der Waals surface area (Å²) in [5, 5.41) is 0. The maximum absolute atomic E-state index is 11.1. The highest BCUT2D eigenvalue weighted by atomic mass is 16.5. The van der Waals surface area contributed by atoms with E-state index in [9.17, 15) is 4.79 Å². The number of carbonyl (C=O) groups is 1. The third kappa shape index (κ3) is 4.19. The molecule has 0 amide bonds. The summed E-state index contributed by atoms with van der Waals surface area (Å²) in [7, 11) is 5.73. The first-order valence-corrected chi connectivity index (χ1v) is 5.84. The van der Waals surface area contributed by atoms with E-state index in [0.717, 1.165) is 12.2 Å². The van der Waals surface area contributed by atoms with Crippen molar-refractivity contribution >= 4 is 5.78 Å². The highest BCUT2D eigenvalue weighted by molar-refractivity contribution is 5.75. The molecule has 0 fully saturated rings. The molecule has 0 radical (unpaired) electrons. The van der Waals surface area contributed by atoms with E-state index in [1.165, 1.54) is 5.56 Å². The zero-order valence-electron chi connectivity index (χ0n) is 11.1. The molecular weight excluding hydrogens is 214 g/mol. The quantitative estimate of drug-likeness (QED) is 0.759. The Morgan fingerprint density at radius 2 is 2.12 bits per heavy atom. The fourth-order valence-corrected chi connectivity index (χ4v) is 1.91. The van der Waals surface area contributed by atoms with Gasteiger partial charge in [-0.2, -0.15) is 0 Å². The summed E-state index contributed by atoms with van der Waals surface area (Å²) >= 11 is 0. The maximum atomic E-state index is 11.1. The van der Waals surface area contributed by atoms with E-state index in [0.29, 0.717) is 6.42 Å². The van der Waals surface area contributed by atoms with Crippen LogP contribution >= 0.6 is 0 Å². The van der Waals surface area contributed by atoms with Gasteiger partial charge in [0.15, 0.2) is 0 Å². The van der Waals surface area contributed by atoms with Crippen molar-refractivity contribution in [2.24, 2.45) is 0 Å². The van der Waals surface area contributed by atoms with E-state index in [4.69, 9.17) is 4.74 Å². The van der Waals surface area contributed by atoms with Gasteiger partial charge in [-0.1, -0.05) is 12.1 Å². The molecule has 0 heterocycles. The SMILES string of the molecule is COc1cccc(C(CCC(C)=O)N(C)C)c1. The number of nitrogens with zero attached hydrogens (tertiary/aromatic N) is 1. The minimum atomic E-state index is 0.236. The number of carbonyl (C=O) groups excluding carboxylic acids is 1. The Morgan fingerprint density at radius 3 is 2.65 bits per heavy atom. The molecule has 94 valence electrons. The van der Waals surface area contributed by atoms with Crippen LogP contribution in [0.5, 0.6) is 5.75 Å². The Kier molecular flexibility index (Phi) is 5.16. The van der Waals surface area contributed by atoms with Gasteiger partial charge in [-0.15, -0.1) is 0 Å². The summed E-state index contributed by atoms with van der Waals surface area (Å²) < 4.78 is 5.22. The van der Waals surface area contributed by atoms with Crippen molar-refractivity contribution in [2.75, 3.05) is 21.2 Å². The van der Waals surface area contributed by atoms with Crippen LogP contribution in [0.2, 0.25) is 0 Å². The molecule has 0 aliphatic heterocycles. The van der Waals surface area contributed by atoms with Crippen molar-refractivity contribution in [1.29, 1.82) is 0 Å². The fraction of sp³-hybridized carbons (Fsp3) is 0.500. The van der Waals surface area contributed by atoms with Gasteiger partial charge in [-0.05, 0) is 45.1 Å². The number of Topliss-reactive ketones (excluding diaryl/α,β-unsaturated/α-hetero) is 1. The minimum Gasteiger partial charge on any atom is -0.497 e. The molecular formula is C14H21NO2. The van der Waals surface area contributed by atoms with E-state index in [-0.39, 0.29) is 11.8 Å². The number of rotatable bonds is 6. The van der Waals surface area contributed by atoms with E-state index in [2.05, 4.69) is 11.0 Å². The average molecular weight is 235 g/mol. The second-order valence-corrected chi connectivity index (χ2v) is 4.50. The normalized spacial score (nSPS) is 12.5. The van der Waals surface area contributed by atoms with E-state index >= 15 is 0 Å².